The predicted molar refractivity (Wildman–Crippen MR) is 119 cm³/mol. The summed E-state index contributed by atoms with van der Waals surface area (Å²) in [6.07, 6.45) is -1.53. The fraction of sp³-hybridized carbons (Fsp3) is 0.364. The van der Waals surface area contributed by atoms with Crippen LogP contribution in [0.2, 0.25) is 0 Å². The van der Waals surface area contributed by atoms with Crippen LogP contribution in [-0.2, 0) is 11.2 Å². The Bertz CT molecular complexity index is 931. The van der Waals surface area contributed by atoms with Gasteiger partial charge < -0.3 is 30.8 Å². The third kappa shape index (κ3) is 6.19. The van der Waals surface area contributed by atoms with Crippen molar-refractivity contribution in [3.05, 3.63) is 77.2 Å². The molecular weight excluding hydrogens is 459 g/mol. The molecule has 3 rings (SSSR count). The fourth-order valence-electron chi connectivity index (χ4n) is 3.46. The molecule has 1 aliphatic rings. The summed E-state index contributed by atoms with van der Waals surface area (Å²) in [5.41, 5.74) is 2.49. The summed E-state index contributed by atoms with van der Waals surface area (Å²) in [4.78, 5) is 0. The highest BCUT2D eigenvalue weighted by Gasteiger charge is 2.44. The average molecular weight is 486 g/mol. The fourth-order valence-corrected chi connectivity index (χ4v) is 4.63. The first-order valence-electron chi connectivity index (χ1n) is 10.2. The molecule has 7 nitrogen and oxygen atoms in total. The highest BCUT2D eigenvalue weighted by Crippen LogP contribution is 2.29. The molecule has 0 radical (unpaired) electrons. The minimum absolute atomic E-state index is 0.0208. The Morgan fingerprint density at radius 1 is 1.09 bits per heavy atom. The second kappa shape index (κ2) is 11.7. The lowest BCUT2D eigenvalue weighted by atomic mass is 9.97. The van der Waals surface area contributed by atoms with Crippen LogP contribution in [0.1, 0.15) is 11.1 Å². The Hall–Kier alpha value is -2.28. The van der Waals surface area contributed by atoms with E-state index in [0.717, 1.165) is 24.1 Å². The van der Waals surface area contributed by atoms with Gasteiger partial charge in [0.15, 0.2) is 17.5 Å². The highest BCUT2D eigenvalue weighted by atomic mass is 32.2. The van der Waals surface area contributed by atoms with Crippen LogP contribution in [-0.4, -0.2) is 57.5 Å². The zero-order chi connectivity index (χ0) is 24.0. The molecule has 0 aromatic heterocycles. The number of rotatable bonds is 9. The molecule has 33 heavy (non-hydrogen) atoms. The van der Waals surface area contributed by atoms with E-state index >= 15 is 0 Å². The number of hydrogen-bond donors (Lipinski definition) is 6. The topological polar surface area (TPSA) is 120 Å². The Labute approximate surface area is 193 Å². The first kappa shape index (κ1) is 25.3. The average Bonchev–Trinajstić information content (AvgIpc) is 2.81. The van der Waals surface area contributed by atoms with Crippen molar-refractivity contribution in [3.8, 4) is 0 Å². The van der Waals surface area contributed by atoms with Crippen LogP contribution in [0.3, 0.4) is 0 Å². The third-order valence-electron chi connectivity index (χ3n) is 5.27. The molecule has 0 spiro atoms. The maximum atomic E-state index is 13.6. The molecule has 11 heteroatoms. The van der Waals surface area contributed by atoms with Crippen molar-refractivity contribution >= 4 is 17.5 Å². The number of ether oxygens (including phenoxy) is 1. The largest absolute Gasteiger partial charge is 0.394 e. The van der Waals surface area contributed by atoms with Gasteiger partial charge in [-0.25, -0.2) is 13.2 Å². The quantitative estimate of drug-likeness (QED) is 0.178. The van der Waals surface area contributed by atoms with Gasteiger partial charge in [0, 0.05) is 11.8 Å². The van der Waals surface area contributed by atoms with Crippen molar-refractivity contribution < 1.29 is 33.2 Å². The summed E-state index contributed by atoms with van der Waals surface area (Å²) < 4.78 is 46.1. The number of aliphatic hydroxyl groups excluding tert-OH is 3. The van der Waals surface area contributed by atoms with Crippen LogP contribution in [0.25, 0.3) is 5.70 Å². The number of aliphatic hydroxyl groups is 3. The van der Waals surface area contributed by atoms with Crippen LogP contribution >= 0.6 is 11.8 Å². The summed E-state index contributed by atoms with van der Waals surface area (Å²) in [6.45, 7) is -0.484. The summed E-state index contributed by atoms with van der Waals surface area (Å²) in [7, 11) is 0. The van der Waals surface area contributed by atoms with Crippen LogP contribution < -0.4 is 16.6 Å². The zero-order valence-electron chi connectivity index (χ0n) is 17.5. The lowest BCUT2D eigenvalue weighted by molar-refractivity contribution is -0.164. The number of thioether (sulfide) groups is 1. The monoisotopic (exact) mass is 485 g/mol. The highest BCUT2D eigenvalue weighted by molar-refractivity contribution is 7.99. The summed E-state index contributed by atoms with van der Waals surface area (Å²) in [5.74, 6) is 1.65. The molecule has 180 valence electrons. The lowest BCUT2D eigenvalue weighted by Gasteiger charge is -2.42. The minimum atomic E-state index is -1.61. The number of hydrogen-bond acceptors (Lipinski definition) is 8. The van der Waals surface area contributed by atoms with Gasteiger partial charge in [-0.3, -0.25) is 5.84 Å². The minimum Gasteiger partial charge on any atom is -0.394 e. The molecule has 1 aliphatic heterocycles. The smallest absolute Gasteiger partial charge is 0.194 e. The second-order valence-corrected chi connectivity index (χ2v) is 8.67. The van der Waals surface area contributed by atoms with E-state index in [1.165, 1.54) is 18.0 Å². The van der Waals surface area contributed by atoms with E-state index in [9.17, 15) is 28.5 Å². The maximum Gasteiger partial charge on any atom is 0.194 e. The normalized spacial score (nSPS) is 25.7. The first-order valence-corrected chi connectivity index (χ1v) is 11.3. The molecule has 1 saturated heterocycles. The summed E-state index contributed by atoms with van der Waals surface area (Å²) >= 11 is 1.33. The maximum absolute atomic E-state index is 13.6. The standard InChI is InChI=1S/C22H26F3N3O4S/c23-14-8-13(9-15(24)18(14)25)16(28-26)10-27-19-20(30)17(11-29)32-22(21(19)31)33-7-6-12-4-2-1-3-5-12/h1-5,8-10,17,19-22,27-31H,6-7,11,26H2/b16-10-/t17?,19?,20-,21?,22+/m0/s1. The van der Waals surface area contributed by atoms with Crippen molar-refractivity contribution in [2.45, 2.75) is 36.2 Å². The van der Waals surface area contributed by atoms with E-state index in [1.54, 1.807) is 0 Å². The number of hydrazine groups is 1. The number of halogens is 3. The van der Waals surface area contributed by atoms with Gasteiger partial charge in [-0.15, -0.1) is 11.8 Å². The summed E-state index contributed by atoms with van der Waals surface area (Å²) in [6, 6.07) is 10.2. The van der Waals surface area contributed by atoms with Gasteiger partial charge in [0.2, 0.25) is 0 Å². The van der Waals surface area contributed by atoms with Crippen LogP contribution in [0.4, 0.5) is 13.2 Å². The van der Waals surface area contributed by atoms with Crippen molar-refractivity contribution in [1.82, 2.24) is 10.7 Å². The van der Waals surface area contributed by atoms with E-state index in [-0.39, 0.29) is 11.3 Å². The Morgan fingerprint density at radius 2 is 1.76 bits per heavy atom. The number of aryl methyl sites for hydroxylation is 1. The van der Waals surface area contributed by atoms with Crippen LogP contribution in [0.15, 0.2) is 48.7 Å². The predicted octanol–water partition coefficient (Wildman–Crippen LogP) is 1.24. The second-order valence-electron chi connectivity index (χ2n) is 7.46. The molecule has 5 atom stereocenters. The van der Waals surface area contributed by atoms with Crippen LogP contribution in [0.5, 0.6) is 0 Å². The first-order chi connectivity index (χ1) is 15.8. The van der Waals surface area contributed by atoms with Crippen molar-refractivity contribution in [2.24, 2.45) is 5.84 Å². The molecule has 0 bridgehead atoms. The Kier molecular flexibility index (Phi) is 9.01. The van der Waals surface area contributed by atoms with Gasteiger partial charge in [0.1, 0.15) is 23.7 Å². The molecule has 3 unspecified atom stereocenters. The zero-order valence-corrected chi connectivity index (χ0v) is 18.3. The lowest BCUT2D eigenvalue weighted by Crippen LogP contribution is -2.62. The van der Waals surface area contributed by atoms with Gasteiger partial charge in [-0.2, -0.15) is 0 Å². The molecule has 0 amide bonds. The van der Waals surface area contributed by atoms with E-state index < -0.39 is 53.8 Å². The van der Waals surface area contributed by atoms with E-state index in [4.69, 9.17) is 10.6 Å². The Morgan fingerprint density at radius 3 is 2.36 bits per heavy atom. The molecule has 7 N–H and O–H groups in total. The van der Waals surface area contributed by atoms with Gasteiger partial charge in [0.25, 0.3) is 0 Å². The number of nitrogens with two attached hydrogens (primary N) is 1. The van der Waals surface area contributed by atoms with Crippen molar-refractivity contribution in [3.63, 3.8) is 0 Å². The van der Waals surface area contributed by atoms with Crippen molar-refractivity contribution in [2.75, 3.05) is 12.4 Å². The van der Waals surface area contributed by atoms with Crippen LogP contribution in [0, 0.1) is 17.5 Å². The summed E-state index contributed by atoms with van der Waals surface area (Å²) in [5, 5.41) is 33.7. The van der Waals surface area contributed by atoms with Gasteiger partial charge in [0.05, 0.1) is 18.3 Å². The molecular formula is C22H26F3N3O4S. The van der Waals surface area contributed by atoms with E-state index in [2.05, 4.69) is 10.7 Å². The van der Waals surface area contributed by atoms with Gasteiger partial charge >= 0.3 is 0 Å². The van der Waals surface area contributed by atoms with Gasteiger partial charge in [-0.05, 0) is 29.9 Å². The molecule has 2 aromatic rings. The molecule has 0 aliphatic carbocycles. The molecule has 0 saturated carbocycles. The number of benzene rings is 2. The SMILES string of the molecule is NN/C(=C\NC1C(O)[C@@H](SCCc2ccccc2)OC(CO)[C@@H]1O)c1cc(F)c(F)c(F)c1. The van der Waals surface area contributed by atoms with Crippen molar-refractivity contribution in [1.29, 1.82) is 0 Å². The van der Waals surface area contributed by atoms with Gasteiger partial charge in [-0.1, -0.05) is 30.3 Å². The van der Waals surface area contributed by atoms with E-state index in [1.807, 2.05) is 30.3 Å². The molecule has 1 heterocycles. The Balaban J connectivity index is 1.72. The van der Waals surface area contributed by atoms with E-state index in [0.29, 0.717) is 5.75 Å². The molecule has 1 fully saturated rings. The number of nitrogens with one attached hydrogen (secondary N) is 2. The molecule has 2 aromatic carbocycles. The third-order valence-corrected chi connectivity index (χ3v) is 6.43.